The minimum Gasteiger partial charge on any atom is -0.472 e. The van der Waals surface area contributed by atoms with Crippen molar-refractivity contribution < 1.29 is 18.8 Å². The Hall–Kier alpha value is -1.11. The first-order valence-electron chi connectivity index (χ1n) is 9.65. The van der Waals surface area contributed by atoms with E-state index < -0.39 is 7.12 Å². The molecule has 3 rings (SSSR count). The van der Waals surface area contributed by atoms with E-state index in [9.17, 15) is 0 Å². The van der Waals surface area contributed by atoms with Crippen molar-refractivity contribution in [3.63, 3.8) is 0 Å². The summed E-state index contributed by atoms with van der Waals surface area (Å²) in [6, 6.07) is 3.98. The fraction of sp³-hybridized carbons (Fsp3) is 0.750. The van der Waals surface area contributed by atoms with Gasteiger partial charge in [-0.05, 0) is 79.3 Å². The van der Waals surface area contributed by atoms with Crippen molar-refractivity contribution >= 4 is 12.6 Å². The zero-order valence-electron chi connectivity index (χ0n) is 17.2. The maximum Gasteiger partial charge on any atom is 0.495 e. The number of hydrogen-bond donors (Lipinski definition) is 0. The molecule has 0 amide bonds. The first kappa shape index (κ1) is 19.7. The second kappa shape index (κ2) is 6.81. The topological polar surface area (TPSA) is 49.8 Å². The lowest BCUT2D eigenvalue weighted by Gasteiger charge is -2.32. The fourth-order valence-corrected chi connectivity index (χ4v) is 3.17. The normalized spacial score (nSPS) is 25.3. The van der Waals surface area contributed by atoms with Gasteiger partial charge in [-0.25, -0.2) is 4.98 Å². The molecule has 6 heteroatoms. The van der Waals surface area contributed by atoms with Crippen LogP contribution in [0.5, 0.6) is 5.88 Å². The van der Waals surface area contributed by atoms with Gasteiger partial charge in [-0.2, -0.15) is 0 Å². The summed E-state index contributed by atoms with van der Waals surface area (Å²) in [5.74, 6) is 0.592. The number of aromatic nitrogens is 1. The highest BCUT2D eigenvalue weighted by Gasteiger charge is 2.52. The van der Waals surface area contributed by atoms with Crippen LogP contribution in [-0.2, 0) is 14.0 Å². The molecule has 5 nitrogen and oxygen atoms in total. The van der Waals surface area contributed by atoms with Gasteiger partial charge >= 0.3 is 7.12 Å². The number of pyridine rings is 1. The van der Waals surface area contributed by atoms with Gasteiger partial charge in [-0.1, -0.05) is 0 Å². The minimum atomic E-state index is -0.437. The molecule has 0 radical (unpaired) electrons. The maximum absolute atomic E-state index is 6.23. The van der Waals surface area contributed by atoms with Crippen LogP contribution < -0.4 is 10.2 Å². The Morgan fingerprint density at radius 3 is 2.27 bits per heavy atom. The SMILES string of the molecule is CC(C)(C)Oc1cc(B2OC(C)(C)C(C)(C)O2)cc(C2CCCCO2)n1. The summed E-state index contributed by atoms with van der Waals surface area (Å²) in [4.78, 5) is 4.73. The molecule has 2 fully saturated rings. The first-order chi connectivity index (χ1) is 12.0. The van der Waals surface area contributed by atoms with Gasteiger partial charge in [0.05, 0.1) is 23.0 Å². The molecule has 0 N–H and O–H groups in total. The van der Waals surface area contributed by atoms with Crippen LogP contribution in [0, 0.1) is 0 Å². The Kier molecular flexibility index (Phi) is 5.14. The highest BCUT2D eigenvalue weighted by atomic mass is 16.7. The van der Waals surface area contributed by atoms with Gasteiger partial charge in [-0.15, -0.1) is 0 Å². The van der Waals surface area contributed by atoms with Crippen molar-refractivity contribution in [2.75, 3.05) is 6.61 Å². The quantitative estimate of drug-likeness (QED) is 0.767. The van der Waals surface area contributed by atoms with Gasteiger partial charge < -0.3 is 18.8 Å². The van der Waals surface area contributed by atoms with Crippen molar-refractivity contribution in [1.29, 1.82) is 0 Å². The predicted octanol–water partition coefficient (Wildman–Crippen LogP) is 3.80. The Bertz CT molecular complexity index is 632. The summed E-state index contributed by atoms with van der Waals surface area (Å²) < 4.78 is 24.5. The molecule has 0 bridgehead atoms. The third-order valence-corrected chi connectivity index (χ3v) is 5.29. The predicted molar refractivity (Wildman–Crippen MR) is 103 cm³/mol. The molecular formula is C20H32BNO4. The van der Waals surface area contributed by atoms with Crippen LogP contribution in [0.15, 0.2) is 12.1 Å². The van der Waals surface area contributed by atoms with E-state index >= 15 is 0 Å². The first-order valence-corrected chi connectivity index (χ1v) is 9.65. The van der Waals surface area contributed by atoms with Crippen molar-refractivity contribution in [3.05, 3.63) is 17.8 Å². The van der Waals surface area contributed by atoms with E-state index in [1.807, 2.05) is 32.9 Å². The van der Waals surface area contributed by atoms with E-state index in [-0.39, 0.29) is 22.9 Å². The van der Waals surface area contributed by atoms with Crippen LogP contribution in [0.1, 0.15) is 79.5 Å². The van der Waals surface area contributed by atoms with Gasteiger partial charge in [0.15, 0.2) is 0 Å². The molecule has 1 atom stereocenters. The van der Waals surface area contributed by atoms with Crippen LogP contribution in [0.3, 0.4) is 0 Å². The van der Waals surface area contributed by atoms with Crippen molar-refractivity contribution in [1.82, 2.24) is 4.98 Å². The minimum absolute atomic E-state index is 0.00782. The summed E-state index contributed by atoms with van der Waals surface area (Å²) in [7, 11) is -0.437. The number of ether oxygens (including phenoxy) is 2. The summed E-state index contributed by atoms with van der Waals surface area (Å²) >= 11 is 0. The third kappa shape index (κ3) is 4.24. The molecule has 144 valence electrons. The van der Waals surface area contributed by atoms with Gasteiger partial charge in [0.1, 0.15) is 5.60 Å². The molecule has 3 heterocycles. The van der Waals surface area contributed by atoms with E-state index in [4.69, 9.17) is 23.8 Å². The highest BCUT2D eigenvalue weighted by molar-refractivity contribution is 6.62. The molecule has 2 saturated heterocycles. The lowest BCUT2D eigenvalue weighted by molar-refractivity contribution is 0.00578. The van der Waals surface area contributed by atoms with E-state index in [1.165, 1.54) is 0 Å². The lowest BCUT2D eigenvalue weighted by atomic mass is 9.79. The van der Waals surface area contributed by atoms with E-state index in [2.05, 4.69) is 27.7 Å². The van der Waals surface area contributed by atoms with Crippen LogP contribution in [0.25, 0.3) is 0 Å². The van der Waals surface area contributed by atoms with Gasteiger partial charge in [0.25, 0.3) is 0 Å². The summed E-state index contributed by atoms with van der Waals surface area (Å²) in [5.41, 5.74) is 0.742. The third-order valence-electron chi connectivity index (χ3n) is 5.29. The van der Waals surface area contributed by atoms with Gasteiger partial charge in [-0.3, -0.25) is 0 Å². The van der Waals surface area contributed by atoms with Gasteiger partial charge in [0, 0.05) is 12.7 Å². The van der Waals surface area contributed by atoms with Crippen LogP contribution in [-0.4, -0.2) is 35.5 Å². The van der Waals surface area contributed by atoms with Crippen LogP contribution >= 0.6 is 0 Å². The molecule has 0 spiro atoms. The van der Waals surface area contributed by atoms with Crippen LogP contribution in [0.2, 0.25) is 0 Å². The van der Waals surface area contributed by atoms with E-state index in [1.54, 1.807) is 0 Å². The maximum atomic E-state index is 6.23. The van der Waals surface area contributed by atoms with Crippen molar-refractivity contribution in [3.8, 4) is 5.88 Å². The van der Waals surface area contributed by atoms with Crippen LogP contribution in [0.4, 0.5) is 0 Å². The number of hydrogen-bond acceptors (Lipinski definition) is 5. The molecule has 2 aliphatic heterocycles. The molecule has 1 aromatic rings. The molecule has 0 aromatic carbocycles. The number of nitrogens with zero attached hydrogens (tertiary/aromatic N) is 1. The van der Waals surface area contributed by atoms with E-state index in [0.29, 0.717) is 5.88 Å². The average Bonchev–Trinajstić information content (AvgIpc) is 2.74. The summed E-state index contributed by atoms with van der Waals surface area (Å²) in [6.07, 6.45) is 3.25. The van der Waals surface area contributed by atoms with Crippen molar-refractivity contribution in [2.24, 2.45) is 0 Å². The zero-order valence-corrected chi connectivity index (χ0v) is 17.2. The standard InChI is InChI=1S/C20H32BNO4/c1-18(2,3)24-17-13-14(21-25-19(4,5)20(6,7)26-21)12-15(22-17)16-10-8-9-11-23-16/h12-13,16H,8-11H2,1-7H3. The molecule has 26 heavy (non-hydrogen) atoms. The fourth-order valence-electron chi connectivity index (χ4n) is 3.17. The smallest absolute Gasteiger partial charge is 0.472 e. The van der Waals surface area contributed by atoms with E-state index in [0.717, 1.165) is 37.0 Å². The summed E-state index contributed by atoms with van der Waals surface area (Å²) in [5, 5.41) is 0. The molecule has 1 unspecified atom stereocenters. The highest BCUT2D eigenvalue weighted by Crippen LogP contribution is 2.37. The second-order valence-corrected chi connectivity index (χ2v) is 9.32. The Balaban J connectivity index is 1.94. The second-order valence-electron chi connectivity index (χ2n) is 9.32. The van der Waals surface area contributed by atoms with Crippen molar-refractivity contribution in [2.45, 2.75) is 90.6 Å². The number of rotatable bonds is 3. The molecule has 1 aromatic heterocycles. The average molecular weight is 361 g/mol. The Morgan fingerprint density at radius 2 is 1.73 bits per heavy atom. The molecule has 2 aliphatic rings. The Labute approximate surface area is 157 Å². The summed E-state index contributed by atoms with van der Waals surface area (Å²) in [6.45, 7) is 15.1. The molecule has 0 aliphatic carbocycles. The Morgan fingerprint density at radius 1 is 1.08 bits per heavy atom. The van der Waals surface area contributed by atoms with Gasteiger partial charge in [0.2, 0.25) is 5.88 Å². The zero-order chi connectivity index (χ0) is 19.2. The molecular weight excluding hydrogens is 329 g/mol. The largest absolute Gasteiger partial charge is 0.495 e. The lowest BCUT2D eigenvalue weighted by Crippen LogP contribution is -2.41. The monoisotopic (exact) mass is 361 g/mol. The molecule has 0 saturated carbocycles.